The van der Waals surface area contributed by atoms with E-state index in [2.05, 4.69) is 22.4 Å². The molecule has 1 aromatic carbocycles. The number of rotatable bonds is 9. The molecule has 1 fully saturated rings. The number of anilines is 1. The standard InChI is InChI=1S/C19H26N4O3S/c1-2-3-5-14-7-9-15(10-8-14)20-17(24)13-27-19-22-21-18(25)23(19)12-16-6-4-11-26-16/h7-10,16H,2-6,11-13H2,1H3,(H,20,24)(H,21,25)/t16-/m1/s1. The molecular weight excluding hydrogens is 364 g/mol. The second-order valence-corrected chi connectivity index (χ2v) is 7.64. The van der Waals surface area contributed by atoms with Gasteiger partial charge in [0.2, 0.25) is 5.91 Å². The minimum atomic E-state index is -0.268. The van der Waals surface area contributed by atoms with E-state index >= 15 is 0 Å². The van der Waals surface area contributed by atoms with E-state index in [-0.39, 0.29) is 23.5 Å². The van der Waals surface area contributed by atoms with E-state index in [1.165, 1.54) is 30.2 Å². The van der Waals surface area contributed by atoms with Crippen LogP contribution in [-0.4, -0.2) is 39.1 Å². The number of aromatic amines is 1. The molecular formula is C19H26N4O3S. The van der Waals surface area contributed by atoms with Gasteiger partial charge in [0.25, 0.3) is 0 Å². The van der Waals surface area contributed by atoms with Crippen molar-refractivity contribution in [2.45, 2.75) is 56.8 Å². The van der Waals surface area contributed by atoms with E-state index in [4.69, 9.17) is 4.74 Å². The SMILES string of the molecule is CCCCc1ccc(NC(=O)CSc2n[nH]c(=O)n2C[C@H]2CCCO2)cc1. The molecule has 27 heavy (non-hydrogen) atoms. The van der Waals surface area contributed by atoms with Crippen molar-refractivity contribution in [3.63, 3.8) is 0 Å². The molecule has 0 radical (unpaired) electrons. The van der Waals surface area contributed by atoms with E-state index in [9.17, 15) is 9.59 Å². The molecule has 1 amide bonds. The number of amides is 1. The normalized spacial score (nSPS) is 16.6. The summed E-state index contributed by atoms with van der Waals surface area (Å²) in [7, 11) is 0. The Hall–Kier alpha value is -2.06. The van der Waals surface area contributed by atoms with Crippen LogP contribution >= 0.6 is 11.8 Å². The Morgan fingerprint density at radius 1 is 1.41 bits per heavy atom. The summed E-state index contributed by atoms with van der Waals surface area (Å²) in [5, 5.41) is 9.89. The number of benzene rings is 1. The molecule has 0 bridgehead atoms. The Bertz CT molecular complexity index is 794. The van der Waals surface area contributed by atoms with Gasteiger partial charge in [0.15, 0.2) is 5.16 Å². The monoisotopic (exact) mass is 390 g/mol. The highest BCUT2D eigenvalue weighted by Crippen LogP contribution is 2.19. The fourth-order valence-corrected chi connectivity index (χ4v) is 3.79. The number of nitrogens with zero attached hydrogens (tertiary/aromatic N) is 2. The van der Waals surface area contributed by atoms with Gasteiger partial charge in [0, 0.05) is 12.3 Å². The quantitative estimate of drug-likeness (QED) is 0.643. The summed E-state index contributed by atoms with van der Waals surface area (Å²) < 4.78 is 7.14. The first-order valence-electron chi connectivity index (χ1n) is 9.44. The van der Waals surface area contributed by atoms with Crippen LogP contribution in [0, 0.1) is 0 Å². The molecule has 7 nitrogen and oxygen atoms in total. The molecule has 3 rings (SSSR count). The van der Waals surface area contributed by atoms with E-state index in [0.29, 0.717) is 11.7 Å². The maximum Gasteiger partial charge on any atom is 0.344 e. The van der Waals surface area contributed by atoms with Gasteiger partial charge in [0.05, 0.1) is 18.4 Å². The molecule has 1 aliphatic heterocycles. The summed E-state index contributed by atoms with van der Waals surface area (Å²) in [6.07, 6.45) is 5.39. The van der Waals surface area contributed by atoms with Crippen molar-refractivity contribution < 1.29 is 9.53 Å². The predicted molar refractivity (Wildman–Crippen MR) is 106 cm³/mol. The first kappa shape index (κ1) is 19.7. The number of hydrogen-bond donors (Lipinski definition) is 2. The lowest BCUT2D eigenvalue weighted by molar-refractivity contribution is -0.113. The van der Waals surface area contributed by atoms with Gasteiger partial charge in [-0.15, -0.1) is 5.10 Å². The number of H-pyrrole nitrogens is 1. The maximum absolute atomic E-state index is 12.2. The summed E-state index contributed by atoms with van der Waals surface area (Å²) in [6.45, 7) is 3.38. The summed E-state index contributed by atoms with van der Waals surface area (Å²) in [5.74, 6) is 0.0633. The topological polar surface area (TPSA) is 89.0 Å². The van der Waals surface area contributed by atoms with E-state index in [1.807, 2.05) is 24.3 Å². The van der Waals surface area contributed by atoms with Crippen molar-refractivity contribution in [1.29, 1.82) is 0 Å². The lowest BCUT2D eigenvalue weighted by Crippen LogP contribution is -2.25. The molecule has 1 atom stereocenters. The average Bonchev–Trinajstić information content (AvgIpc) is 3.31. The molecule has 0 spiro atoms. The number of ether oxygens (including phenoxy) is 1. The van der Waals surface area contributed by atoms with Gasteiger partial charge in [-0.2, -0.15) is 0 Å². The van der Waals surface area contributed by atoms with Gasteiger partial charge in [0.1, 0.15) is 0 Å². The van der Waals surface area contributed by atoms with Gasteiger partial charge in [-0.05, 0) is 43.4 Å². The number of hydrogen-bond acceptors (Lipinski definition) is 5. The molecule has 2 aromatic rings. The van der Waals surface area contributed by atoms with Crippen LogP contribution in [0.25, 0.3) is 0 Å². The fourth-order valence-electron chi connectivity index (χ4n) is 3.03. The highest BCUT2D eigenvalue weighted by Gasteiger charge is 2.20. The third kappa shape index (κ3) is 5.71. The highest BCUT2D eigenvalue weighted by molar-refractivity contribution is 7.99. The van der Waals surface area contributed by atoms with Gasteiger partial charge in [-0.25, -0.2) is 9.89 Å². The Kier molecular flexibility index (Phi) is 7.11. The largest absolute Gasteiger partial charge is 0.376 e. The molecule has 1 saturated heterocycles. The third-order valence-corrected chi connectivity index (χ3v) is 5.50. The minimum Gasteiger partial charge on any atom is -0.376 e. The summed E-state index contributed by atoms with van der Waals surface area (Å²) >= 11 is 1.25. The minimum absolute atomic E-state index is 0.0414. The lowest BCUT2D eigenvalue weighted by atomic mass is 10.1. The zero-order valence-electron chi connectivity index (χ0n) is 15.6. The van der Waals surface area contributed by atoms with Crippen molar-refractivity contribution in [2.75, 3.05) is 17.7 Å². The van der Waals surface area contributed by atoms with Crippen LogP contribution in [0.4, 0.5) is 5.69 Å². The molecule has 0 unspecified atom stereocenters. The molecule has 0 aliphatic carbocycles. The number of nitrogens with one attached hydrogen (secondary N) is 2. The van der Waals surface area contributed by atoms with Crippen LogP contribution in [0.3, 0.4) is 0 Å². The number of unbranched alkanes of at least 4 members (excludes halogenated alkanes) is 1. The smallest absolute Gasteiger partial charge is 0.344 e. The zero-order valence-corrected chi connectivity index (χ0v) is 16.4. The van der Waals surface area contributed by atoms with Crippen LogP contribution in [0.5, 0.6) is 0 Å². The van der Waals surface area contributed by atoms with Gasteiger partial charge >= 0.3 is 5.69 Å². The van der Waals surface area contributed by atoms with Crippen molar-refractivity contribution in [2.24, 2.45) is 0 Å². The Morgan fingerprint density at radius 3 is 2.93 bits per heavy atom. The Morgan fingerprint density at radius 2 is 2.22 bits per heavy atom. The number of thioether (sulfide) groups is 1. The Labute approximate surface area is 162 Å². The average molecular weight is 391 g/mol. The molecule has 0 saturated carbocycles. The molecule has 146 valence electrons. The van der Waals surface area contributed by atoms with Crippen LogP contribution in [0.15, 0.2) is 34.2 Å². The molecule has 1 aliphatic rings. The number of aromatic nitrogens is 3. The second-order valence-electron chi connectivity index (χ2n) is 6.69. The van der Waals surface area contributed by atoms with E-state index in [0.717, 1.165) is 31.6 Å². The zero-order chi connectivity index (χ0) is 19.1. The summed E-state index contributed by atoms with van der Waals surface area (Å²) in [4.78, 5) is 24.2. The number of aryl methyl sites for hydroxylation is 1. The first-order valence-corrected chi connectivity index (χ1v) is 10.4. The van der Waals surface area contributed by atoms with E-state index < -0.39 is 0 Å². The number of carbonyl (C=O) groups is 1. The van der Waals surface area contributed by atoms with Crippen molar-refractivity contribution in [1.82, 2.24) is 14.8 Å². The number of carbonyl (C=O) groups excluding carboxylic acids is 1. The van der Waals surface area contributed by atoms with Crippen LogP contribution in [-0.2, 0) is 22.5 Å². The fraction of sp³-hybridized carbons (Fsp3) is 0.526. The first-order chi connectivity index (χ1) is 13.2. The third-order valence-electron chi connectivity index (χ3n) is 4.52. The highest BCUT2D eigenvalue weighted by atomic mass is 32.2. The van der Waals surface area contributed by atoms with Crippen molar-refractivity contribution in [3.05, 3.63) is 40.3 Å². The molecule has 1 aromatic heterocycles. The lowest BCUT2D eigenvalue weighted by Gasteiger charge is -2.11. The summed E-state index contributed by atoms with van der Waals surface area (Å²) in [5.41, 5.74) is 1.79. The van der Waals surface area contributed by atoms with Crippen LogP contribution in [0.1, 0.15) is 38.2 Å². The van der Waals surface area contributed by atoms with Gasteiger partial charge in [-0.3, -0.25) is 9.36 Å². The van der Waals surface area contributed by atoms with E-state index in [1.54, 1.807) is 4.57 Å². The molecule has 8 heteroatoms. The molecule has 2 N–H and O–H groups in total. The maximum atomic E-state index is 12.2. The Balaban J connectivity index is 1.51. The van der Waals surface area contributed by atoms with Crippen LogP contribution < -0.4 is 11.0 Å². The van der Waals surface area contributed by atoms with Crippen molar-refractivity contribution in [3.8, 4) is 0 Å². The molecule has 2 heterocycles. The van der Waals surface area contributed by atoms with Crippen molar-refractivity contribution >= 4 is 23.4 Å². The van der Waals surface area contributed by atoms with Crippen LogP contribution in [0.2, 0.25) is 0 Å². The summed E-state index contributed by atoms with van der Waals surface area (Å²) in [6, 6.07) is 7.95. The van der Waals surface area contributed by atoms with Gasteiger partial charge < -0.3 is 10.1 Å². The predicted octanol–water partition coefficient (Wildman–Crippen LogP) is 2.82. The second kappa shape index (κ2) is 9.75. The van der Waals surface area contributed by atoms with Gasteiger partial charge in [-0.1, -0.05) is 37.2 Å².